The first-order valence-corrected chi connectivity index (χ1v) is 6.33. The highest BCUT2D eigenvalue weighted by atomic mass is 35.5. The number of aryl methyl sites for hydroxylation is 1. The van der Waals surface area contributed by atoms with Gasteiger partial charge in [0.2, 0.25) is 0 Å². The molecule has 1 N–H and O–H groups in total. The van der Waals surface area contributed by atoms with E-state index in [0.29, 0.717) is 16.7 Å². The zero-order valence-electron chi connectivity index (χ0n) is 10.9. The van der Waals surface area contributed by atoms with Crippen molar-refractivity contribution in [2.24, 2.45) is 0 Å². The van der Waals surface area contributed by atoms with Gasteiger partial charge in [-0.3, -0.25) is 0 Å². The number of anilines is 2. The minimum atomic E-state index is -0.275. The first-order valence-electron chi connectivity index (χ1n) is 5.95. The van der Waals surface area contributed by atoms with Crippen molar-refractivity contribution in [3.8, 4) is 0 Å². The summed E-state index contributed by atoms with van der Waals surface area (Å²) in [5.74, 6) is 0.790. The molecule has 0 fully saturated rings. The summed E-state index contributed by atoms with van der Waals surface area (Å²) >= 11 is 6.09. The molecule has 2 heterocycles. The zero-order valence-corrected chi connectivity index (χ0v) is 11.6. The van der Waals surface area contributed by atoms with Crippen molar-refractivity contribution in [1.82, 2.24) is 19.6 Å². The smallest absolute Gasteiger partial charge is 0.255 e. The minimum Gasteiger partial charge on any atom is -0.340 e. The number of nitrogens with zero attached hydrogens (tertiary/aromatic N) is 4. The van der Waals surface area contributed by atoms with E-state index in [1.165, 1.54) is 18.5 Å². The van der Waals surface area contributed by atoms with Gasteiger partial charge in [0.1, 0.15) is 23.1 Å². The fourth-order valence-corrected chi connectivity index (χ4v) is 2.10. The number of halogens is 2. The topological polar surface area (TPSA) is 55.1 Å². The SMILES string of the molecule is Cc1cc(F)ccc1Nc1c(C)c(Cl)nc2ncnn12. The normalized spacial score (nSPS) is 11.0. The van der Waals surface area contributed by atoms with Crippen LogP contribution in [0, 0.1) is 19.7 Å². The number of hydrogen-bond acceptors (Lipinski definition) is 4. The van der Waals surface area contributed by atoms with Crippen molar-refractivity contribution in [3.05, 3.63) is 46.6 Å². The second kappa shape index (κ2) is 4.72. The third-order valence-electron chi connectivity index (χ3n) is 3.05. The highest BCUT2D eigenvalue weighted by Crippen LogP contribution is 2.27. The average molecular weight is 292 g/mol. The predicted octanol–water partition coefficient (Wildman–Crippen LogP) is 3.28. The van der Waals surface area contributed by atoms with E-state index in [1.807, 2.05) is 13.8 Å². The second-order valence-electron chi connectivity index (χ2n) is 4.43. The van der Waals surface area contributed by atoms with Gasteiger partial charge < -0.3 is 5.32 Å². The lowest BCUT2D eigenvalue weighted by Crippen LogP contribution is -2.06. The molecule has 7 heteroatoms. The van der Waals surface area contributed by atoms with Crippen molar-refractivity contribution in [2.45, 2.75) is 13.8 Å². The first-order chi connectivity index (χ1) is 9.56. The van der Waals surface area contributed by atoms with E-state index in [9.17, 15) is 4.39 Å². The Hall–Kier alpha value is -2.21. The summed E-state index contributed by atoms with van der Waals surface area (Å²) in [4.78, 5) is 8.14. The van der Waals surface area contributed by atoms with Gasteiger partial charge in [0.05, 0.1) is 0 Å². The van der Waals surface area contributed by atoms with Crippen molar-refractivity contribution >= 4 is 28.9 Å². The van der Waals surface area contributed by atoms with Crippen molar-refractivity contribution in [1.29, 1.82) is 0 Å². The maximum absolute atomic E-state index is 13.1. The van der Waals surface area contributed by atoms with Gasteiger partial charge in [-0.25, -0.2) is 4.39 Å². The maximum Gasteiger partial charge on any atom is 0.255 e. The van der Waals surface area contributed by atoms with Crippen molar-refractivity contribution in [3.63, 3.8) is 0 Å². The quantitative estimate of drug-likeness (QED) is 0.736. The van der Waals surface area contributed by atoms with Crippen molar-refractivity contribution < 1.29 is 4.39 Å². The van der Waals surface area contributed by atoms with Crippen LogP contribution in [-0.4, -0.2) is 19.6 Å². The lowest BCUT2D eigenvalue weighted by atomic mass is 10.2. The molecule has 0 amide bonds. The van der Waals surface area contributed by atoms with Gasteiger partial charge in [0, 0.05) is 11.3 Å². The summed E-state index contributed by atoms with van der Waals surface area (Å²) in [6, 6.07) is 4.52. The van der Waals surface area contributed by atoms with Crippen LogP contribution < -0.4 is 5.32 Å². The van der Waals surface area contributed by atoms with Crippen LogP contribution in [0.15, 0.2) is 24.5 Å². The lowest BCUT2D eigenvalue weighted by molar-refractivity contribution is 0.627. The standard InChI is InChI=1S/C13H11ClFN5/c1-7-5-9(15)3-4-10(7)18-12-8(2)11(14)19-13-16-6-17-20(12)13/h3-6,18H,1-2H3. The molecule has 0 aliphatic carbocycles. The Labute approximate surface area is 119 Å². The van der Waals surface area contributed by atoms with Gasteiger partial charge in [-0.05, 0) is 37.6 Å². The number of hydrogen-bond donors (Lipinski definition) is 1. The Balaban J connectivity index is 2.14. The van der Waals surface area contributed by atoms with E-state index < -0.39 is 0 Å². The second-order valence-corrected chi connectivity index (χ2v) is 4.79. The number of nitrogens with one attached hydrogen (secondary N) is 1. The third-order valence-corrected chi connectivity index (χ3v) is 3.41. The number of aromatic nitrogens is 4. The molecule has 3 rings (SSSR count). The van der Waals surface area contributed by atoms with Gasteiger partial charge in [0.15, 0.2) is 0 Å². The first kappa shape index (κ1) is 12.8. The molecule has 0 aliphatic rings. The Morgan fingerprint density at radius 2 is 2.10 bits per heavy atom. The predicted molar refractivity (Wildman–Crippen MR) is 74.9 cm³/mol. The molecule has 0 atom stereocenters. The highest BCUT2D eigenvalue weighted by molar-refractivity contribution is 6.30. The molecule has 0 radical (unpaired) electrons. The molecule has 5 nitrogen and oxygen atoms in total. The fraction of sp³-hybridized carbons (Fsp3) is 0.154. The molecule has 1 aromatic carbocycles. The molecule has 0 saturated heterocycles. The van der Waals surface area contributed by atoms with E-state index in [1.54, 1.807) is 10.6 Å². The molecule has 0 unspecified atom stereocenters. The van der Waals surface area contributed by atoms with E-state index in [-0.39, 0.29) is 5.82 Å². The monoisotopic (exact) mass is 291 g/mol. The Morgan fingerprint density at radius 1 is 1.30 bits per heavy atom. The van der Waals surface area contributed by atoms with E-state index in [4.69, 9.17) is 11.6 Å². The summed E-state index contributed by atoms with van der Waals surface area (Å²) in [6.45, 7) is 3.65. The van der Waals surface area contributed by atoms with E-state index in [2.05, 4.69) is 20.4 Å². The Morgan fingerprint density at radius 3 is 2.85 bits per heavy atom. The maximum atomic E-state index is 13.1. The summed E-state index contributed by atoms with van der Waals surface area (Å²) in [5.41, 5.74) is 2.30. The summed E-state index contributed by atoms with van der Waals surface area (Å²) in [6.07, 6.45) is 1.40. The van der Waals surface area contributed by atoms with E-state index >= 15 is 0 Å². The fourth-order valence-electron chi connectivity index (χ4n) is 1.94. The van der Waals surface area contributed by atoms with Crippen LogP contribution in [0.3, 0.4) is 0 Å². The third kappa shape index (κ3) is 2.08. The Bertz CT molecular complexity index is 799. The molecular weight excluding hydrogens is 281 g/mol. The molecule has 0 saturated carbocycles. The van der Waals surface area contributed by atoms with Gasteiger partial charge in [-0.1, -0.05) is 11.6 Å². The summed E-state index contributed by atoms with van der Waals surface area (Å²) < 4.78 is 14.7. The largest absolute Gasteiger partial charge is 0.340 e. The molecule has 0 aliphatic heterocycles. The summed E-state index contributed by atoms with van der Waals surface area (Å²) in [5, 5.41) is 7.67. The van der Waals surface area contributed by atoms with Gasteiger partial charge in [-0.2, -0.15) is 19.6 Å². The molecule has 102 valence electrons. The van der Waals surface area contributed by atoms with Gasteiger partial charge in [-0.15, -0.1) is 0 Å². The minimum absolute atomic E-state index is 0.275. The highest BCUT2D eigenvalue weighted by Gasteiger charge is 2.13. The summed E-state index contributed by atoms with van der Waals surface area (Å²) in [7, 11) is 0. The molecule has 0 bridgehead atoms. The molecule has 3 aromatic rings. The molecule has 20 heavy (non-hydrogen) atoms. The van der Waals surface area contributed by atoms with Crippen LogP contribution >= 0.6 is 11.6 Å². The van der Waals surface area contributed by atoms with E-state index in [0.717, 1.165) is 16.8 Å². The lowest BCUT2D eigenvalue weighted by Gasteiger charge is -2.13. The number of benzene rings is 1. The van der Waals surface area contributed by atoms with Crippen LogP contribution in [-0.2, 0) is 0 Å². The van der Waals surface area contributed by atoms with Crippen LogP contribution in [0.1, 0.15) is 11.1 Å². The van der Waals surface area contributed by atoms with Gasteiger partial charge >= 0.3 is 0 Å². The molecular formula is C13H11ClFN5. The Kier molecular flexibility index (Phi) is 3.02. The van der Waals surface area contributed by atoms with Gasteiger partial charge in [0.25, 0.3) is 5.78 Å². The van der Waals surface area contributed by atoms with Crippen LogP contribution in [0.2, 0.25) is 5.15 Å². The average Bonchev–Trinajstić information content (AvgIpc) is 2.85. The van der Waals surface area contributed by atoms with Crippen LogP contribution in [0.4, 0.5) is 15.9 Å². The van der Waals surface area contributed by atoms with Crippen LogP contribution in [0.25, 0.3) is 5.78 Å². The van der Waals surface area contributed by atoms with Crippen LogP contribution in [0.5, 0.6) is 0 Å². The zero-order chi connectivity index (χ0) is 14.3. The molecule has 0 spiro atoms. The number of fused-ring (bicyclic) bond motifs is 1. The number of rotatable bonds is 2. The molecule has 2 aromatic heterocycles. The van der Waals surface area contributed by atoms with Crippen molar-refractivity contribution in [2.75, 3.05) is 5.32 Å².